The van der Waals surface area contributed by atoms with Gasteiger partial charge < -0.3 is 29.8 Å². The fourth-order valence-corrected chi connectivity index (χ4v) is 6.55. The maximum Gasteiger partial charge on any atom is 0.145 e. The Balaban J connectivity index is 1.60. The van der Waals surface area contributed by atoms with Gasteiger partial charge in [0.25, 0.3) is 0 Å². The zero-order valence-electron chi connectivity index (χ0n) is 24.8. The summed E-state index contributed by atoms with van der Waals surface area (Å²) in [5.74, 6) is 7.32. The van der Waals surface area contributed by atoms with Crippen molar-refractivity contribution in [2.45, 2.75) is 32.2 Å². The number of ether oxygens (including phenoxy) is 1. The molecule has 10 heteroatoms. The Bertz CT molecular complexity index is 1600. The van der Waals surface area contributed by atoms with Crippen LogP contribution < -0.4 is 16.5 Å². The molecule has 2 saturated heterocycles. The molecule has 222 valence electrons. The van der Waals surface area contributed by atoms with Crippen LogP contribution >= 0.6 is 0 Å². The van der Waals surface area contributed by atoms with Gasteiger partial charge in [-0.2, -0.15) is 0 Å². The highest BCUT2D eigenvalue weighted by Gasteiger charge is 2.29. The highest BCUT2D eigenvalue weighted by molar-refractivity contribution is 6.05. The lowest BCUT2D eigenvalue weighted by molar-refractivity contribution is 0.0608. The van der Waals surface area contributed by atoms with Crippen molar-refractivity contribution in [3.05, 3.63) is 71.3 Å². The van der Waals surface area contributed by atoms with Gasteiger partial charge in [0, 0.05) is 74.8 Å². The van der Waals surface area contributed by atoms with Crippen LogP contribution in [-0.4, -0.2) is 77.9 Å². The Morgan fingerprint density at radius 1 is 1.12 bits per heavy atom. The van der Waals surface area contributed by atoms with Crippen molar-refractivity contribution in [1.82, 2.24) is 24.4 Å². The summed E-state index contributed by atoms with van der Waals surface area (Å²) >= 11 is 0. The van der Waals surface area contributed by atoms with E-state index in [2.05, 4.69) is 39.6 Å². The van der Waals surface area contributed by atoms with E-state index in [1.807, 2.05) is 25.3 Å². The van der Waals surface area contributed by atoms with E-state index >= 15 is 4.39 Å². The lowest BCUT2D eigenvalue weighted by Gasteiger charge is -2.33. The fraction of sp³-hybridized carbons (Fsp3) is 0.438. The molecule has 5 heterocycles. The number of allylic oxidation sites excluding steroid dienone is 1. The van der Waals surface area contributed by atoms with Gasteiger partial charge in [0.2, 0.25) is 0 Å². The smallest absolute Gasteiger partial charge is 0.145 e. The quantitative estimate of drug-likeness (QED) is 0.249. The summed E-state index contributed by atoms with van der Waals surface area (Å²) in [5, 5.41) is 2.46. The van der Waals surface area contributed by atoms with Crippen LogP contribution in [0.15, 0.2) is 54.4 Å². The standard InChI is InChI=1S/C32H41FN8O/c1-21(34)31(39(3)35)23-19-28-30(36-20-23)25-8-9-29(40-14-12-38(2)13-15-40)37-32(25)41(28)27(18-22-10-16-42-17-11-22)24-6-4-5-7-26(24)33/h4-9,19-20,22,27H,10-18,34-35H2,1-3H3/b31-21-. The predicted octanol–water partition coefficient (Wildman–Crippen LogP) is 4.33. The van der Waals surface area contributed by atoms with Crippen LogP contribution in [0.5, 0.6) is 0 Å². The number of benzene rings is 1. The van der Waals surface area contributed by atoms with Crippen LogP contribution in [0.25, 0.3) is 27.8 Å². The fourth-order valence-electron chi connectivity index (χ4n) is 6.55. The Hall–Kier alpha value is -3.73. The van der Waals surface area contributed by atoms with Crippen molar-refractivity contribution in [1.29, 1.82) is 0 Å². The molecule has 1 unspecified atom stereocenters. The third-order valence-corrected chi connectivity index (χ3v) is 8.77. The van der Waals surface area contributed by atoms with E-state index in [1.165, 1.54) is 5.01 Å². The molecule has 2 aliphatic rings. The first-order valence-electron chi connectivity index (χ1n) is 14.8. The molecule has 0 saturated carbocycles. The van der Waals surface area contributed by atoms with Gasteiger partial charge in [0.1, 0.15) is 17.3 Å². The first-order chi connectivity index (χ1) is 20.3. The SMILES string of the molecule is C/C(N)=C(\c1cnc2c3ccc(N4CCN(C)CC4)nc3n(C(CC3CCOCC3)c3ccccc3F)c2c1)N(C)N. The number of hydrogen-bond donors (Lipinski definition) is 2. The molecule has 1 atom stereocenters. The molecule has 3 aromatic heterocycles. The molecular weight excluding hydrogens is 531 g/mol. The molecule has 0 amide bonds. The van der Waals surface area contributed by atoms with Gasteiger partial charge >= 0.3 is 0 Å². The molecule has 4 aromatic rings. The first kappa shape index (κ1) is 28.4. The number of halogens is 1. The van der Waals surface area contributed by atoms with E-state index in [9.17, 15) is 0 Å². The summed E-state index contributed by atoms with van der Waals surface area (Å²) in [5.41, 5.74) is 11.5. The van der Waals surface area contributed by atoms with Crippen LogP contribution in [0.3, 0.4) is 0 Å². The molecule has 42 heavy (non-hydrogen) atoms. The molecule has 2 aliphatic heterocycles. The second-order valence-electron chi connectivity index (χ2n) is 11.8. The molecule has 0 bridgehead atoms. The zero-order valence-corrected chi connectivity index (χ0v) is 24.8. The van der Waals surface area contributed by atoms with E-state index in [1.54, 1.807) is 19.2 Å². The minimum absolute atomic E-state index is 0.219. The van der Waals surface area contributed by atoms with Crippen LogP contribution in [0.1, 0.15) is 43.4 Å². The monoisotopic (exact) mass is 572 g/mol. The average Bonchev–Trinajstić information content (AvgIpc) is 3.29. The number of aromatic nitrogens is 3. The number of nitrogens with zero attached hydrogens (tertiary/aromatic N) is 6. The molecule has 0 aliphatic carbocycles. The minimum Gasteiger partial charge on any atom is -0.401 e. The van der Waals surface area contributed by atoms with E-state index < -0.39 is 0 Å². The van der Waals surface area contributed by atoms with Crippen molar-refractivity contribution < 1.29 is 9.13 Å². The number of pyridine rings is 2. The summed E-state index contributed by atoms with van der Waals surface area (Å²) in [6, 6.07) is 13.1. The van der Waals surface area contributed by atoms with Gasteiger partial charge in [0.05, 0.1) is 22.8 Å². The summed E-state index contributed by atoms with van der Waals surface area (Å²) in [6.45, 7) is 7.06. The van der Waals surface area contributed by atoms with Gasteiger partial charge in [-0.15, -0.1) is 0 Å². The van der Waals surface area contributed by atoms with Gasteiger partial charge in [-0.05, 0) is 63.4 Å². The molecule has 2 fully saturated rings. The molecular formula is C32H41FN8O. The van der Waals surface area contributed by atoms with Crippen LogP contribution in [-0.2, 0) is 4.74 Å². The topological polar surface area (TPSA) is 102 Å². The number of piperazine rings is 1. The van der Waals surface area contributed by atoms with Crippen LogP contribution in [0.2, 0.25) is 0 Å². The summed E-state index contributed by atoms with van der Waals surface area (Å²) in [7, 11) is 3.91. The Labute approximate surface area is 246 Å². The van der Waals surface area contributed by atoms with Crippen molar-refractivity contribution in [3.8, 4) is 0 Å². The lowest BCUT2D eigenvalue weighted by Crippen LogP contribution is -2.44. The second kappa shape index (κ2) is 11.9. The second-order valence-corrected chi connectivity index (χ2v) is 11.8. The number of hydrogen-bond acceptors (Lipinski definition) is 8. The van der Waals surface area contributed by atoms with Gasteiger partial charge in [-0.25, -0.2) is 15.2 Å². The van der Waals surface area contributed by atoms with E-state index in [-0.39, 0.29) is 11.9 Å². The van der Waals surface area contributed by atoms with Crippen molar-refractivity contribution in [2.75, 3.05) is 58.4 Å². The number of anilines is 1. The number of rotatable bonds is 7. The van der Waals surface area contributed by atoms with E-state index in [0.29, 0.717) is 22.9 Å². The van der Waals surface area contributed by atoms with Gasteiger partial charge in [-0.1, -0.05) is 18.2 Å². The summed E-state index contributed by atoms with van der Waals surface area (Å²) < 4.78 is 23.6. The molecule has 9 nitrogen and oxygen atoms in total. The highest BCUT2D eigenvalue weighted by Crippen LogP contribution is 2.39. The Morgan fingerprint density at radius 2 is 1.86 bits per heavy atom. The maximum absolute atomic E-state index is 15.7. The van der Waals surface area contributed by atoms with Crippen molar-refractivity contribution in [3.63, 3.8) is 0 Å². The summed E-state index contributed by atoms with van der Waals surface area (Å²) in [6.07, 6.45) is 4.47. The van der Waals surface area contributed by atoms with E-state index in [0.717, 1.165) is 92.1 Å². The number of likely N-dealkylation sites (N-methyl/N-ethyl adjacent to an activating group) is 1. The molecule has 0 radical (unpaired) electrons. The van der Waals surface area contributed by atoms with Gasteiger partial charge in [-0.3, -0.25) is 4.98 Å². The lowest BCUT2D eigenvalue weighted by atomic mass is 9.89. The average molecular weight is 573 g/mol. The zero-order chi connectivity index (χ0) is 29.4. The van der Waals surface area contributed by atoms with Crippen LogP contribution in [0, 0.1) is 11.7 Å². The predicted molar refractivity (Wildman–Crippen MR) is 166 cm³/mol. The van der Waals surface area contributed by atoms with Crippen LogP contribution in [0.4, 0.5) is 10.2 Å². The van der Waals surface area contributed by atoms with E-state index in [4.69, 9.17) is 26.3 Å². The number of fused-ring (bicyclic) bond motifs is 3. The first-order valence-corrected chi connectivity index (χ1v) is 14.8. The summed E-state index contributed by atoms with van der Waals surface area (Å²) in [4.78, 5) is 14.9. The van der Waals surface area contributed by atoms with Crippen molar-refractivity contribution in [2.24, 2.45) is 17.5 Å². The third kappa shape index (κ3) is 5.42. The molecule has 4 N–H and O–H groups in total. The Kier molecular flexibility index (Phi) is 8.02. The largest absolute Gasteiger partial charge is 0.401 e. The highest BCUT2D eigenvalue weighted by atomic mass is 19.1. The normalized spacial score (nSPS) is 18.5. The maximum atomic E-state index is 15.7. The number of nitrogens with two attached hydrogens (primary N) is 2. The number of hydrazine groups is 1. The van der Waals surface area contributed by atoms with Crippen molar-refractivity contribution >= 4 is 33.6 Å². The molecule has 1 aromatic carbocycles. The molecule has 6 rings (SSSR count). The van der Waals surface area contributed by atoms with Gasteiger partial charge in [0.15, 0.2) is 0 Å². The minimum atomic E-state index is -0.288. The Morgan fingerprint density at radius 3 is 2.55 bits per heavy atom. The third-order valence-electron chi connectivity index (χ3n) is 8.77. The molecule has 0 spiro atoms.